The van der Waals surface area contributed by atoms with E-state index >= 15 is 0 Å². The number of aromatic nitrogens is 2. The highest BCUT2D eigenvalue weighted by Gasteiger charge is 2.25. The van der Waals surface area contributed by atoms with Crippen LogP contribution in [-0.4, -0.2) is 40.5 Å². The molecule has 2 N–H and O–H groups in total. The lowest BCUT2D eigenvalue weighted by Gasteiger charge is -2.31. The van der Waals surface area contributed by atoms with Crippen LogP contribution in [0.4, 0.5) is 5.82 Å². The van der Waals surface area contributed by atoms with Crippen LogP contribution in [-0.2, 0) is 4.79 Å². The zero-order valence-electron chi connectivity index (χ0n) is 19.6. The molecule has 8 nitrogen and oxygen atoms in total. The minimum atomic E-state index is -0.208. The van der Waals surface area contributed by atoms with Crippen molar-refractivity contribution in [2.45, 2.75) is 19.8 Å². The van der Waals surface area contributed by atoms with Gasteiger partial charge >= 0.3 is 0 Å². The second-order valence-corrected chi connectivity index (χ2v) is 8.24. The monoisotopic (exact) mass is 469 g/mol. The van der Waals surface area contributed by atoms with Gasteiger partial charge in [-0.05, 0) is 55.5 Å². The molecule has 4 rings (SSSR count). The number of allylic oxidation sites excluding steroid dienone is 1. The number of nitrogens with zero attached hydrogens (tertiary/aromatic N) is 4. The summed E-state index contributed by atoms with van der Waals surface area (Å²) in [6, 6.07) is 19.1. The maximum atomic E-state index is 12.4. The van der Waals surface area contributed by atoms with E-state index in [-0.39, 0.29) is 17.4 Å². The molecule has 3 aromatic rings. The maximum Gasteiger partial charge on any atom is 0.264 e. The summed E-state index contributed by atoms with van der Waals surface area (Å²) in [5.41, 5.74) is 7.84. The number of rotatable bonds is 7. The van der Waals surface area contributed by atoms with Crippen LogP contribution in [0, 0.1) is 17.2 Å². The Labute approximate surface area is 204 Å². The fourth-order valence-electron chi connectivity index (χ4n) is 3.98. The second kappa shape index (κ2) is 11.2. The molecule has 2 aromatic carbocycles. The van der Waals surface area contributed by atoms with Gasteiger partial charge in [0.2, 0.25) is 5.88 Å². The molecule has 1 saturated heterocycles. The van der Waals surface area contributed by atoms with E-state index in [1.807, 2.05) is 60.7 Å². The molecule has 0 unspecified atom stereocenters. The first-order chi connectivity index (χ1) is 17.1. The Kier molecular flexibility index (Phi) is 7.58. The Hall–Kier alpha value is -4.38. The number of ether oxygens (including phenoxy) is 2. The molecule has 0 spiro atoms. The van der Waals surface area contributed by atoms with Crippen molar-refractivity contribution in [3.8, 4) is 34.6 Å². The van der Waals surface area contributed by atoms with Crippen molar-refractivity contribution in [1.29, 1.82) is 5.26 Å². The number of carbonyl (C=O) groups excluding carboxylic acids is 1. The summed E-state index contributed by atoms with van der Waals surface area (Å²) in [7, 11) is 0. The second-order valence-electron chi connectivity index (χ2n) is 8.24. The number of carbonyl (C=O) groups is 1. The van der Waals surface area contributed by atoms with E-state index < -0.39 is 0 Å². The number of amides is 1. The Morgan fingerprint density at radius 2 is 1.80 bits per heavy atom. The molecular formula is C27H27N5O3. The van der Waals surface area contributed by atoms with Gasteiger partial charge in [0.25, 0.3) is 5.91 Å². The summed E-state index contributed by atoms with van der Waals surface area (Å²) in [6.07, 6.45) is 4.52. The zero-order chi connectivity index (χ0) is 24.6. The number of benzene rings is 2. The van der Waals surface area contributed by atoms with Crippen molar-refractivity contribution in [3.63, 3.8) is 0 Å². The van der Waals surface area contributed by atoms with Gasteiger partial charge in [-0.1, -0.05) is 36.4 Å². The molecule has 1 aromatic heterocycles. The van der Waals surface area contributed by atoms with Gasteiger partial charge in [0.1, 0.15) is 35.3 Å². The standard InChI is InChI=1S/C27H27N5O3/c1-2-20(16-28)27(33)32-14-12-19(13-15-32)17-34-26-24(25(29)30-18-31-26)21-8-10-23(11-9-21)35-22-6-4-3-5-7-22/h2-11,18-19H,12-15,17H2,1H3,(H2,29,30,31). The van der Waals surface area contributed by atoms with Gasteiger partial charge in [-0.3, -0.25) is 4.79 Å². The predicted octanol–water partition coefficient (Wildman–Crippen LogP) is 4.61. The maximum absolute atomic E-state index is 12.4. The minimum Gasteiger partial charge on any atom is -0.477 e. The third-order valence-electron chi connectivity index (χ3n) is 5.96. The predicted molar refractivity (Wildman–Crippen MR) is 133 cm³/mol. The van der Waals surface area contributed by atoms with Gasteiger partial charge in [-0.25, -0.2) is 9.97 Å². The number of hydrogen-bond donors (Lipinski definition) is 1. The third-order valence-corrected chi connectivity index (χ3v) is 5.96. The summed E-state index contributed by atoms with van der Waals surface area (Å²) in [5.74, 6) is 2.28. The summed E-state index contributed by atoms with van der Waals surface area (Å²) < 4.78 is 12.0. The van der Waals surface area contributed by atoms with E-state index in [0.717, 1.165) is 24.2 Å². The molecule has 0 saturated carbocycles. The number of likely N-dealkylation sites (tertiary alicyclic amines) is 1. The number of nitrogens with two attached hydrogens (primary N) is 1. The normalized spacial score (nSPS) is 14.3. The van der Waals surface area contributed by atoms with Gasteiger partial charge in [-0.2, -0.15) is 5.26 Å². The lowest BCUT2D eigenvalue weighted by atomic mass is 9.97. The Morgan fingerprint density at radius 1 is 1.11 bits per heavy atom. The summed E-state index contributed by atoms with van der Waals surface area (Å²) in [6.45, 7) is 3.34. The van der Waals surface area contributed by atoms with E-state index in [4.69, 9.17) is 20.5 Å². The van der Waals surface area contributed by atoms with Crippen molar-refractivity contribution in [2.24, 2.45) is 5.92 Å². The molecule has 35 heavy (non-hydrogen) atoms. The lowest BCUT2D eigenvalue weighted by Crippen LogP contribution is -2.40. The van der Waals surface area contributed by atoms with Gasteiger partial charge in [0.15, 0.2) is 0 Å². The van der Waals surface area contributed by atoms with Crippen molar-refractivity contribution in [2.75, 3.05) is 25.4 Å². The molecule has 8 heteroatoms. The van der Waals surface area contributed by atoms with E-state index in [1.165, 1.54) is 6.33 Å². The molecule has 0 atom stereocenters. The van der Waals surface area contributed by atoms with Gasteiger partial charge in [-0.15, -0.1) is 0 Å². The first kappa shape index (κ1) is 23.8. The largest absolute Gasteiger partial charge is 0.477 e. The number of piperidine rings is 1. The van der Waals surface area contributed by atoms with E-state index in [9.17, 15) is 4.79 Å². The fourth-order valence-corrected chi connectivity index (χ4v) is 3.98. The number of nitriles is 1. The van der Waals surface area contributed by atoms with Gasteiger partial charge in [0.05, 0.1) is 12.2 Å². The Balaban J connectivity index is 1.40. The quantitative estimate of drug-likeness (QED) is 0.397. The van der Waals surface area contributed by atoms with Crippen LogP contribution >= 0.6 is 0 Å². The number of para-hydroxylation sites is 1. The van der Waals surface area contributed by atoms with Crippen LogP contribution in [0.5, 0.6) is 17.4 Å². The highest BCUT2D eigenvalue weighted by Crippen LogP contribution is 2.34. The number of nitrogen functional groups attached to an aromatic ring is 1. The van der Waals surface area contributed by atoms with Gasteiger partial charge in [0, 0.05) is 13.1 Å². The highest BCUT2D eigenvalue weighted by molar-refractivity contribution is 5.97. The van der Waals surface area contributed by atoms with E-state index in [1.54, 1.807) is 17.9 Å². The number of anilines is 1. The van der Waals surface area contributed by atoms with Crippen LogP contribution in [0.25, 0.3) is 11.1 Å². The molecule has 1 aliphatic rings. The molecule has 2 heterocycles. The van der Waals surface area contributed by atoms with Crippen LogP contribution in [0.3, 0.4) is 0 Å². The molecule has 0 radical (unpaired) electrons. The first-order valence-corrected chi connectivity index (χ1v) is 11.5. The van der Waals surface area contributed by atoms with Crippen LogP contribution in [0.2, 0.25) is 0 Å². The van der Waals surface area contributed by atoms with Crippen molar-refractivity contribution < 1.29 is 14.3 Å². The van der Waals surface area contributed by atoms with E-state index in [0.29, 0.717) is 42.7 Å². The molecule has 0 aliphatic carbocycles. The molecule has 1 aliphatic heterocycles. The lowest BCUT2D eigenvalue weighted by molar-refractivity contribution is -0.128. The number of hydrogen-bond acceptors (Lipinski definition) is 7. The minimum absolute atomic E-state index is 0.181. The average molecular weight is 470 g/mol. The smallest absolute Gasteiger partial charge is 0.264 e. The third kappa shape index (κ3) is 5.76. The van der Waals surface area contributed by atoms with Crippen molar-refractivity contribution >= 4 is 11.7 Å². The SMILES string of the molecule is CC=C(C#N)C(=O)N1CCC(COc2ncnc(N)c2-c2ccc(Oc3ccccc3)cc2)CC1. The highest BCUT2D eigenvalue weighted by atomic mass is 16.5. The van der Waals surface area contributed by atoms with E-state index in [2.05, 4.69) is 9.97 Å². The Bertz CT molecular complexity index is 1230. The Morgan fingerprint density at radius 3 is 2.46 bits per heavy atom. The molecular weight excluding hydrogens is 442 g/mol. The first-order valence-electron chi connectivity index (χ1n) is 11.5. The molecule has 178 valence electrons. The van der Waals surface area contributed by atoms with Crippen molar-refractivity contribution in [3.05, 3.63) is 72.6 Å². The van der Waals surface area contributed by atoms with Crippen LogP contribution in [0.1, 0.15) is 19.8 Å². The topological polar surface area (TPSA) is 114 Å². The molecule has 0 bridgehead atoms. The molecule has 1 amide bonds. The summed E-state index contributed by atoms with van der Waals surface area (Å²) in [5, 5.41) is 9.10. The van der Waals surface area contributed by atoms with Crippen LogP contribution < -0.4 is 15.2 Å². The van der Waals surface area contributed by atoms with Crippen LogP contribution in [0.15, 0.2) is 72.6 Å². The van der Waals surface area contributed by atoms with Gasteiger partial charge < -0.3 is 20.1 Å². The summed E-state index contributed by atoms with van der Waals surface area (Å²) in [4.78, 5) is 22.6. The summed E-state index contributed by atoms with van der Waals surface area (Å²) >= 11 is 0. The average Bonchev–Trinajstić information content (AvgIpc) is 2.90. The van der Waals surface area contributed by atoms with Crippen molar-refractivity contribution in [1.82, 2.24) is 14.9 Å². The molecule has 1 fully saturated rings. The zero-order valence-corrected chi connectivity index (χ0v) is 19.6. The fraction of sp³-hybridized carbons (Fsp3) is 0.259.